The molecule has 2 aromatic heterocycles. The maximum absolute atomic E-state index is 12.8. The van der Waals surface area contributed by atoms with E-state index in [0.29, 0.717) is 11.7 Å². The maximum atomic E-state index is 12.8. The van der Waals surface area contributed by atoms with Crippen LogP contribution in [0.5, 0.6) is 0 Å². The summed E-state index contributed by atoms with van der Waals surface area (Å²) in [5, 5.41) is 1.08. The Kier molecular flexibility index (Phi) is 3.18. The zero-order chi connectivity index (χ0) is 14.9. The zero-order valence-corrected chi connectivity index (χ0v) is 12.3. The molecule has 1 N–H and O–H groups in total. The van der Waals surface area contributed by atoms with Gasteiger partial charge in [-0.1, -0.05) is 18.2 Å². The number of nitrogens with zero attached hydrogens (tertiary/aromatic N) is 3. The fraction of sp³-hybridized carbons (Fsp3) is 0.294. The molecule has 1 fully saturated rings. The summed E-state index contributed by atoms with van der Waals surface area (Å²) in [4.78, 5) is 22.0. The number of H-pyrrole nitrogens is 1. The predicted octanol–water partition coefficient (Wildman–Crippen LogP) is 2.84. The average Bonchev–Trinajstić information content (AvgIpc) is 3.23. The van der Waals surface area contributed by atoms with Crippen molar-refractivity contribution in [2.45, 2.75) is 18.9 Å². The third kappa shape index (κ3) is 2.28. The van der Waals surface area contributed by atoms with Gasteiger partial charge in [-0.05, 0) is 25.0 Å². The first kappa shape index (κ1) is 13.1. The van der Waals surface area contributed by atoms with E-state index in [0.717, 1.165) is 36.8 Å². The minimum Gasteiger partial charge on any atom is -0.351 e. The van der Waals surface area contributed by atoms with Crippen LogP contribution in [0, 0.1) is 0 Å². The van der Waals surface area contributed by atoms with Gasteiger partial charge in [0.15, 0.2) is 0 Å². The quantitative estimate of drug-likeness (QED) is 0.790. The Morgan fingerprint density at radius 3 is 3.05 bits per heavy atom. The van der Waals surface area contributed by atoms with Crippen LogP contribution >= 0.6 is 0 Å². The van der Waals surface area contributed by atoms with Gasteiger partial charge in [-0.2, -0.15) is 0 Å². The van der Waals surface area contributed by atoms with Crippen LogP contribution in [0.4, 0.5) is 0 Å². The molecule has 1 atom stereocenters. The smallest absolute Gasteiger partial charge is 0.270 e. The molecule has 0 spiro atoms. The standard InChI is InChI=1S/C17H18N4O/c22-17(16-10-13-4-1-2-6-15(13)19-16)20-8-3-5-14(11-20)21-9-7-18-12-21/h1-2,4,6-7,9-10,12,14,19H,3,5,8,11H2/t14-/m1/s1. The van der Waals surface area contributed by atoms with Crippen LogP contribution in [0.3, 0.4) is 0 Å². The zero-order valence-electron chi connectivity index (χ0n) is 12.3. The molecule has 1 saturated heterocycles. The van der Waals surface area contributed by atoms with Crippen molar-refractivity contribution in [1.82, 2.24) is 19.4 Å². The van der Waals surface area contributed by atoms with E-state index in [2.05, 4.69) is 14.5 Å². The molecular weight excluding hydrogens is 276 g/mol. The lowest BCUT2D eigenvalue weighted by atomic mass is 10.1. The SMILES string of the molecule is O=C(c1cc2ccccc2[nH]1)N1CCC[C@@H](n2ccnc2)C1. The van der Waals surface area contributed by atoms with Gasteiger partial charge in [-0.15, -0.1) is 0 Å². The Morgan fingerprint density at radius 1 is 1.32 bits per heavy atom. The van der Waals surface area contributed by atoms with Gasteiger partial charge in [-0.3, -0.25) is 4.79 Å². The largest absolute Gasteiger partial charge is 0.351 e. The summed E-state index contributed by atoms with van der Waals surface area (Å²) in [5.74, 6) is 0.0843. The van der Waals surface area contributed by atoms with E-state index in [1.54, 1.807) is 6.20 Å². The molecule has 1 aliphatic heterocycles. The number of aromatic nitrogens is 3. The lowest BCUT2D eigenvalue weighted by molar-refractivity contribution is 0.0674. The highest BCUT2D eigenvalue weighted by molar-refractivity contribution is 5.98. The first-order chi connectivity index (χ1) is 10.8. The molecule has 3 heterocycles. The topological polar surface area (TPSA) is 53.9 Å². The molecule has 22 heavy (non-hydrogen) atoms. The summed E-state index contributed by atoms with van der Waals surface area (Å²) in [5.41, 5.74) is 1.68. The molecule has 1 aliphatic rings. The number of piperidine rings is 1. The number of hydrogen-bond donors (Lipinski definition) is 1. The number of amides is 1. The lowest BCUT2D eigenvalue weighted by Crippen LogP contribution is -2.40. The molecule has 4 rings (SSSR count). The van der Waals surface area contributed by atoms with Crippen LogP contribution in [0.1, 0.15) is 29.4 Å². The molecule has 0 bridgehead atoms. The highest BCUT2D eigenvalue weighted by Gasteiger charge is 2.26. The van der Waals surface area contributed by atoms with Gasteiger partial charge in [0.05, 0.1) is 12.4 Å². The molecule has 1 aromatic carbocycles. The number of nitrogens with one attached hydrogen (secondary N) is 1. The molecule has 5 heteroatoms. The number of benzene rings is 1. The fourth-order valence-corrected chi connectivity index (χ4v) is 3.23. The van der Waals surface area contributed by atoms with Gasteiger partial charge in [0.1, 0.15) is 5.69 Å². The van der Waals surface area contributed by atoms with Crippen molar-refractivity contribution in [2.24, 2.45) is 0 Å². The summed E-state index contributed by atoms with van der Waals surface area (Å²) < 4.78 is 2.10. The number of para-hydroxylation sites is 1. The highest BCUT2D eigenvalue weighted by Crippen LogP contribution is 2.23. The summed E-state index contributed by atoms with van der Waals surface area (Å²) in [7, 11) is 0. The number of aromatic amines is 1. The first-order valence-corrected chi connectivity index (χ1v) is 7.66. The molecule has 0 saturated carbocycles. The van der Waals surface area contributed by atoms with Gasteiger partial charge >= 0.3 is 0 Å². The Hall–Kier alpha value is -2.56. The van der Waals surface area contributed by atoms with Crippen LogP contribution in [0.2, 0.25) is 0 Å². The molecular formula is C17H18N4O. The number of carbonyl (C=O) groups excluding carboxylic acids is 1. The van der Waals surface area contributed by atoms with Crippen molar-refractivity contribution in [3.05, 3.63) is 54.7 Å². The van der Waals surface area contributed by atoms with Crippen molar-refractivity contribution >= 4 is 16.8 Å². The summed E-state index contributed by atoms with van der Waals surface area (Å²) in [6.07, 6.45) is 7.71. The Balaban J connectivity index is 1.56. The van der Waals surface area contributed by atoms with Crippen LogP contribution < -0.4 is 0 Å². The third-order valence-electron chi connectivity index (χ3n) is 4.39. The van der Waals surface area contributed by atoms with Crippen molar-refractivity contribution < 1.29 is 4.79 Å². The molecule has 1 amide bonds. The summed E-state index contributed by atoms with van der Waals surface area (Å²) >= 11 is 0. The van der Waals surface area contributed by atoms with E-state index < -0.39 is 0 Å². The van der Waals surface area contributed by atoms with Gasteiger partial charge in [0, 0.05) is 36.4 Å². The van der Waals surface area contributed by atoms with Gasteiger partial charge in [0.25, 0.3) is 5.91 Å². The second-order valence-electron chi connectivity index (χ2n) is 5.83. The van der Waals surface area contributed by atoms with E-state index in [1.807, 2.05) is 47.8 Å². The molecule has 0 aliphatic carbocycles. The van der Waals surface area contributed by atoms with Gasteiger partial charge in [0.2, 0.25) is 0 Å². The van der Waals surface area contributed by atoms with Crippen molar-refractivity contribution in [2.75, 3.05) is 13.1 Å². The summed E-state index contributed by atoms with van der Waals surface area (Å²) in [6.45, 7) is 1.56. The third-order valence-corrected chi connectivity index (χ3v) is 4.39. The average molecular weight is 294 g/mol. The Bertz CT molecular complexity index is 757. The number of carbonyl (C=O) groups is 1. The second-order valence-corrected chi connectivity index (χ2v) is 5.83. The summed E-state index contributed by atoms with van der Waals surface area (Å²) in [6, 6.07) is 10.2. The second kappa shape index (κ2) is 5.33. The van der Waals surface area contributed by atoms with Crippen molar-refractivity contribution in [3.63, 3.8) is 0 Å². The van der Waals surface area contributed by atoms with Crippen LogP contribution in [0.15, 0.2) is 49.1 Å². The molecule has 5 nitrogen and oxygen atoms in total. The molecule has 3 aromatic rings. The molecule has 0 unspecified atom stereocenters. The maximum Gasteiger partial charge on any atom is 0.270 e. The normalized spacial score (nSPS) is 18.7. The van der Waals surface area contributed by atoms with Crippen LogP contribution in [0.25, 0.3) is 10.9 Å². The van der Waals surface area contributed by atoms with Crippen molar-refractivity contribution in [3.8, 4) is 0 Å². The van der Waals surface area contributed by atoms with Gasteiger partial charge < -0.3 is 14.5 Å². The fourth-order valence-electron chi connectivity index (χ4n) is 3.23. The van der Waals surface area contributed by atoms with E-state index in [1.165, 1.54) is 0 Å². The van der Waals surface area contributed by atoms with E-state index in [-0.39, 0.29) is 5.91 Å². The highest BCUT2D eigenvalue weighted by atomic mass is 16.2. The lowest BCUT2D eigenvalue weighted by Gasteiger charge is -2.33. The minimum absolute atomic E-state index is 0.0843. The minimum atomic E-state index is 0.0843. The van der Waals surface area contributed by atoms with Crippen LogP contribution in [-0.2, 0) is 0 Å². The molecule has 112 valence electrons. The van der Waals surface area contributed by atoms with E-state index in [4.69, 9.17) is 0 Å². The van der Waals surface area contributed by atoms with Crippen LogP contribution in [-0.4, -0.2) is 38.4 Å². The number of imidazole rings is 1. The van der Waals surface area contributed by atoms with E-state index >= 15 is 0 Å². The Morgan fingerprint density at radius 2 is 2.23 bits per heavy atom. The van der Waals surface area contributed by atoms with E-state index in [9.17, 15) is 4.79 Å². The van der Waals surface area contributed by atoms with Crippen molar-refractivity contribution in [1.29, 1.82) is 0 Å². The number of rotatable bonds is 2. The predicted molar refractivity (Wildman–Crippen MR) is 84.7 cm³/mol. The molecule has 0 radical (unpaired) electrons. The Labute approximate surface area is 128 Å². The monoisotopic (exact) mass is 294 g/mol. The number of fused-ring (bicyclic) bond motifs is 1. The first-order valence-electron chi connectivity index (χ1n) is 7.66. The number of hydrogen-bond acceptors (Lipinski definition) is 2. The van der Waals surface area contributed by atoms with Gasteiger partial charge in [-0.25, -0.2) is 4.98 Å². The number of likely N-dealkylation sites (tertiary alicyclic amines) is 1.